The molecule has 0 unspecified atom stereocenters. The van der Waals surface area contributed by atoms with Crippen molar-refractivity contribution in [3.05, 3.63) is 41.5 Å². The Balaban J connectivity index is 1.75. The summed E-state index contributed by atoms with van der Waals surface area (Å²) < 4.78 is 10.0. The van der Waals surface area contributed by atoms with Crippen LogP contribution in [0.15, 0.2) is 30.3 Å². The van der Waals surface area contributed by atoms with Gasteiger partial charge in [0.05, 0.1) is 31.9 Å². The van der Waals surface area contributed by atoms with Crippen LogP contribution in [0.4, 0.5) is 10.7 Å². The Bertz CT molecular complexity index is 1030. The molecule has 0 radical (unpaired) electrons. The van der Waals surface area contributed by atoms with Crippen LogP contribution in [0.3, 0.4) is 0 Å². The second-order valence-electron chi connectivity index (χ2n) is 6.46. The molecular weight excluding hydrogens is 392 g/mol. The average Bonchev–Trinajstić information content (AvgIpc) is 2.97. The monoisotopic (exact) mass is 410 g/mol. The molecule has 2 aromatic rings. The molecule has 4 amide bonds. The zero-order valence-corrected chi connectivity index (χ0v) is 16.4. The Labute approximate surface area is 171 Å². The van der Waals surface area contributed by atoms with Gasteiger partial charge in [0.2, 0.25) is 23.6 Å². The van der Waals surface area contributed by atoms with Gasteiger partial charge in [-0.05, 0) is 24.6 Å². The van der Waals surface area contributed by atoms with Crippen molar-refractivity contribution < 1.29 is 23.9 Å². The molecular formula is C19H18N6O5. The summed E-state index contributed by atoms with van der Waals surface area (Å²) in [6.07, 6.45) is 0. The molecule has 0 saturated carbocycles. The first kappa shape index (κ1) is 20.5. The number of benzene rings is 1. The Morgan fingerprint density at radius 2 is 1.80 bits per heavy atom. The zero-order chi connectivity index (χ0) is 21.9. The Morgan fingerprint density at radius 3 is 2.33 bits per heavy atom. The second-order valence-corrected chi connectivity index (χ2v) is 6.46. The molecule has 154 valence electrons. The molecule has 1 aromatic heterocycles. The molecule has 30 heavy (non-hydrogen) atoms. The average molecular weight is 410 g/mol. The lowest BCUT2D eigenvalue weighted by molar-refractivity contribution is -0.133. The third-order valence-electron chi connectivity index (χ3n) is 4.52. The van der Waals surface area contributed by atoms with Crippen LogP contribution < -0.4 is 20.1 Å². The summed E-state index contributed by atoms with van der Waals surface area (Å²) in [5.74, 6) is -1.05. The molecule has 3 rings (SSSR count). The summed E-state index contributed by atoms with van der Waals surface area (Å²) in [7, 11) is 2.79. The lowest BCUT2D eigenvalue weighted by Crippen LogP contribution is -2.42. The number of nitriles is 1. The van der Waals surface area contributed by atoms with Crippen molar-refractivity contribution in [3.63, 3.8) is 0 Å². The van der Waals surface area contributed by atoms with E-state index in [-0.39, 0.29) is 17.7 Å². The largest absolute Gasteiger partial charge is 0.481 e. The van der Waals surface area contributed by atoms with Gasteiger partial charge in [0.25, 0.3) is 5.91 Å². The minimum Gasteiger partial charge on any atom is -0.481 e. The van der Waals surface area contributed by atoms with E-state index >= 15 is 0 Å². The first-order chi connectivity index (χ1) is 14.3. The number of amides is 4. The SMILES string of the molecule is COc1cc(OC)nc(NC(=O)CN2C(=O)N[C@](C)(c3ccc(C#N)cc3)C2=O)n1. The number of hydrogen-bond donors (Lipinski definition) is 2. The number of carbonyl (C=O) groups excluding carboxylic acids is 3. The maximum Gasteiger partial charge on any atom is 0.325 e. The van der Waals surface area contributed by atoms with E-state index in [1.807, 2.05) is 6.07 Å². The topological polar surface area (TPSA) is 147 Å². The van der Waals surface area contributed by atoms with Gasteiger partial charge in [-0.25, -0.2) is 4.79 Å². The van der Waals surface area contributed by atoms with E-state index in [9.17, 15) is 14.4 Å². The Kier molecular flexibility index (Phi) is 5.50. The van der Waals surface area contributed by atoms with Crippen molar-refractivity contribution in [1.29, 1.82) is 5.26 Å². The summed E-state index contributed by atoms with van der Waals surface area (Å²) in [5, 5.41) is 13.9. The molecule has 1 fully saturated rings. The number of methoxy groups -OCH3 is 2. The zero-order valence-electron chi connectivity index (χ0n) is 16.4. The molecule has 0 spiro atoms. The number of aromatic nitrogens is 2. The van der Waals surface area contributed by atoms with Gasteiger partial charge in [-0.3, -0.25) is 19.8 Å². The fourth-order valence-corrected chi connectivity index (χ4v) is 2.89. The number of urea groups is 1. The smallest absolute Gasteiger partial charge is 0.325 e. The van der Waals surface area contributed by atoms with Crippen LogP contribution in [-0.2, 0) is 15.1 Å². The van der Waals surface area contributed by atoms with E-state index in [1.165, 1.54) is 27.2 Å². The molecule has 0 bridgehead atoms. The first-order valence-corrected chi connectivity index (χ1v) is 8.72. The second kappa shape index (κ2) is 8.04. The molecule has 11 heteroatoms. The standard InChI is InChI=1S/C19H18N6O5/c1-19(12-6-4-11(9-20)5-7-12)16(27)25(18(28)24-19)10-13(26)21-17-22-14(29-2)8-15(23-17)30-3/h4-8H,10H2,1-3H3,(H,24,28)(H,21,22,23,26)/t19-/m1/s1. The predicted octanol–water partition coefficient (Wildman–Crippen LogP) is 0.771. The van der Waals surface area contributed by atoms with E-state index in [0.29, 0.717) is 11.1 Å². The molecule has 2 heterocycles. The summed E-state index contributed by atoms with van der Waals surface area (Å²) in [6.45, 7) is 0.988. The molecule has 11 nitrogen and oxygen atoms in total. The Hall–Kier alpha value is -4.20. The highest BCUT2D eigenvalue weighted by Gasteiger charge is 2.49. The van der Waals surface area contributed by atoms with Crippen LogP contribution in [0.25, 0.3) is 0 Å². The summed E-state index contributed by atoms with van der Waals surface area (Å²) >= 11 is 0. The van der Waals surface area contributed by atoms with Crippen molar-refractivity contribution in [2.75, 3.05) is 26.1 Å². The van der Waals surface area contributed by atoms with Crippen molar-refractivity contribution >= 4 is 23.8 Å². The van der Waals surface area contributed by atoms with Gasteiger partial charge in [-0.15, -0.1) is 0 Å². The normalized spacial score (nSPS) is 17.9. The molecule has 2 N–H and O–H groups in total. The minimum atomic E-state index is -1.36. The fraction of sp³-hybridized carbons (Fsp3) is 0.263. The summed E-state index contributed by atoms with van der Waals surface area (Å²) in [6, 6.07) is 8.95. The summed E-state index contributed by atoms with van der Waals surface area (Å²) in [4.78, 5) is 46.4. The van der Waals surface area contributed by atoms with Gasteiger partial charge < -0.3 is 14.8 Å². The lowest BCUT2D eigenvalue weighted by atomic mass is 9.91. The minimum absolute atomic E-state index is 0.0990. The number of carbonyl (C=O) groups is 3. The number of nitrogens with zero attached hydrogens (tertiary/aromatic N) is 4. The van der Waals surface area contributed by atoms with Gasteiger partial charge in [-0.1, -0.05) is 12.1 Å². The van der Waals surface area contributed by atoms with Gasteiger partial charge >= 0.3 is 6.03 Å². The number of anilines is 1. The molecule has 0 aliphatic carbocycles. The number of ether oxygens (including phenoxy) is 2. The third kappa shape index (κ3) is 3.83. The molecule has 1 atom stereocenters. The number of rotatable bonds is 6. The Morgan fingerprint density at radius 1 is 1.20 bits per heavy atom. The van der Waals surface area contributed by atoms with Crippen LogP contribution >= 0.6 is 0 Å². The number of imide groups is 1. The number of nitrogens with one attached hydrogen (secondary N) is 2. The highest BCUT2D eigenvalue weighted by atomic mass is 16.5. The van der Waals surface area contributed by atoms with Crippen molar-refractivity contribution in [2.24, 2.45) is 0 Å². The summed E-state index contributed by atoms with van der Waals surface area (Å²) in [5.41, 5.74) is -0.450. The van der Waals surface area contributed by atoms with Gasteiger partial charge in [-0.2, -0.15) is 15.2 Å². The molecule has 1 aromatic carbocycles. The van der Waals surface area contributed by atoms with Crippen molar-refractivity contribution in [1.82, 2.24) is 20.2 Å². The first-order valence-electron chi connectivity index (χ1n) is 8.72. The maximum atomic E-state index is 12.9. The molecule has 1 aliphatic heterocycles. The van der Waals surface area contributed by atoms with E-state index in [0.717, 1.165) is 4.90 Å². The number of hydrogen-bond acceptors (Lipinski definition) is 8. The highest BCUT2D eigenvalue weighted by molar-refractivity contribution is 6.10. The van der Waals surface area contributed by atoms with E-state index < -0.39 is 29.9 Å². The van der Waals surface area contributed by atoms with Crippen LogP contribution in [0.5, 0.6) is 11.8 Å². The third-order valence-corrected chi connectivity index (χ3v) is 4.52. The van der Waals surface area contributed by atoms with Crippen molar-refractivity contribution in [2.45, 2.75) is 12.5 Å². The maximum absolute atomic E-state index is 12.9. The van der Waals surface area contributed by atoms with Gasteiger partial charge in [0.15, 0.2) is 0 Å². The molecule has 1 saturated heterocycles. The van der Waals surface area contributed by atoms with Crippen LogP contribution in [0.1, 0.15) is 18.1 Å². The van der Waals surface area contributed by atoms with E-state index in [2.05, 4.69) is 20.6 Å². The molecule has 1 aliphatic rings. The lowest BCUT2D eigenvalue weighted by Gasteiger charge is -2.22. The fourth-order valence-electron chi connectivity index (χ4n) is 2.89. The quantitative estimate of drug-likeness (QED) is 0.664. The van der Waals surface area contributed by atoms with Crippen LogP contribution in [0, 0.1) is 11.3 Å². The van der Waals surface area contributed by atoms with Gasteiger partial charge in [0.1, 0.15) is 12.1 Å². The predicted molar refractivity (Wildman–Crippen MR) is 103 cm³/mol. The van der Waals surface area contributed by atoms with Gasteiger partial charge in [0, 0.05) is 0 Å². The van der Waals surface area contributed by atoms with E-state index in [4.69, 9.17) is 14.7 Å². The highest BCUT2D eigenvalue weighted by Crippen LogP contribution is 2.29. The van der Waals surface area contributed by atoms with Crippen molar-refractivity contribution in [3.8, 4) is 17.8 Å². The van der Waals surface area contributed by atoms with Crippen LogP contribution in [-0.4, -0.2) is 53.5 Å². The van der Waals surface area contributed by atoms with Crippen LogP contribution in [0.2, 0.25) is 0 Å². The van der Waals surface area contributed by atoms with E-state index in [1.54, 1.807) is 24.3 Å².